The van der Waals surface area contributed by atoms with Crippen molar-refractivity contribution >= 4 is 17.3 Å². The van der Waals surface area contributed by atoms with Crippen LogP contribution >= 0.6 is 0 Å². The van der Waals surface area contributed by atoms with Gasteiger partial charge in [-0.1, -0.05) is 0 Å². The predicted octanol–water partition coefficient (Wildman–Crippen LogP) is 1.55. The van der Waals surface area contributed by atoms with Crippen molar-refractivity contribution in [2.75, 3.05) is 11.1 Å². The minimum absolute atomic E-state index is 0.0298. The molecule has 0 saturated carbocycles. The number of aromatic nitrogens is 2. The van der Waals surface area contributed by atoms with Gasteiger partial charge in [0.2, 0.25) is 5.91 Å². The smallest absolute Gasteiger partial charge is 0.246 e. The van der Waals surface area contributed by atoms with Gasteiger partial charge in [-0.3, -0.25) is 9.48 Å². The number of hydrogen-bond donors (Lipinski definition) is 2. The topological polar surface area (TPSA) is 72.9 Å². The van der Waals surface area contributed by atoms with Crippen LogP contribution in [0.15, 0.2) is 30.5 Å². The molecule has 5 nitrogen and oxygen atoms in total. The zero-order valence-corrected chi connectivity index (χ0v) is 9.85. The summed E-state index contributed by atoms with van der Waals surface area (Å²) >= 11 is 0. The number of benzene rings is 1. The number of amides is 1. The van der Waals surface area contributed by atoms with E-state index in [1.54, 1.807) is 12.3 Å². The molecule has 2 rings (SSSR count). The number of nitrogens with zero attached hydrogens (tertiary/aromatic N) is 2. The number of nitrogen functional groups attached to an aromatic ring is 1. The van der Waals surface area contributed by atoms with Crippen LogP contribution in [0, 0.1) is 12.7 Å². The van der Waals surface area contributed by atoms with Gasteiger partial charge >= 0.3 is 0 Å². The van der Waals surface area contributed by atoms with Crippen LogP contribution in [0.2, 0.25) is 0 Å². The van der Waals surface area contributed by atoms with Gasteiger partial charge in [0.1, 0.15) is 12.4 Å². The van der Waals surface area contributed by atoms with Gasteiger partial charge in [-0.2, -0.15) is 5.10 Å². The molecule has 0 radical (unpaired) electrons. The number of rotatable bonds is 3. The fraction of sp³-hybridized carbons (Fsp3) is 0.167. The molecule has 0 bridgehead atoms. The quantitative estimate of drug-likeness (QED) is 0.809. The molecule has 0 aliphatic rings. The van der Waals surface area contributed by atoms with Crippen molar-refractivity contribution in [3.63, 3.8) is 0 Å². The first kappa shape index (κ1) is 12.1. The molecule has 0 saturated heterocycles. The average Bonchev–Trinajstić information content (AvgIpc) is 2.69. The van der Waals surface area contributed by atoms with Crippen LogP contribution < -0.4 is 11.1 Å². The lowest BCUT2D eigenvalue weighted by Gasteiger charge is -2.07. The number of nitrogens with two attached hydrogens (primary N) is 1. The van der Waals surface area contributed by atoms with Crippen molar-refractivity contribution in [2.24, 2.45) is 0 Å². The van der Waals surface area contributed by atoms with Gasteiger partial charge in [0.15, 0.2) is 0 Å². The standard InChI is InChI=1S/C12H13FN4O/c1-8-4-5-17(16-8)7-12(18)15-11-6-9(14)2-3-10(11)13/h2-6H,7,14H2,1H3,(H,15,18). The number of hydrogen-bond acceptors (Lipinski definition) is 3. The van der Waals surface area contributed by atoms with Gasteiger partial charge < -0.3 is 11.1 Å². The second-order valence-corrected chi connectivity index (χ2v) is 3.94. The molecule has 94 valence electrons. The molecule has 1 aromatic carbocycles. The van der Waals surface area contributed by atoms with Crippen LogP contribution in [0.5, 0.6) is 0 Å². The Labute approximate surface area is 103 Å². The van der Waals surface area contributed by atoms with Crippen LogP contribution in [0.1, 0.15) is 5.69 Å². The molecule has 2 aromatic rings. The van der Waals surface area contributed by atoms with Gasteiger partial charge in [0.25, 0.3) is 0 Å². The van der Waals surface area contributed by atoms with E-state index in [-0.39, 0.29) is 18.1 Å². The van der Waals surface area contributed by atoms with Gasteiger partial charge in [-0.25, -0.2) is 4.39 Å². The normalized spacial score (nSPS) is 10.3. The second-order valence-electron chi connectivity index (χ2n) is 3.94. The number of anilines is 2. The molecule has 0 unspecified atom stereocenters. The maximum Gasteiger partial charge on any atom is 0.246 e. The molecule has 0 fully saturated rings. The first-order chi connectivity index (χ1) is 8.54. The van der Waals surface area contributed by atoms with Crippen LogP contribution in [0.25, 0.3) is 0 Å². The molecule has 18 heavy (non-hydrogen) atoms. The van der Waals surface area contributed by atoms with Crippen molar-refractivity contribution < 1.29 is 9.18 Å². The minimum Gasteiger partial charge on any atom is -0.399 e. The second kappa shape index (κ2) is 4.87. The number of nitrogens with one attached hydrogen (secondary N) is 1. The Balaban J connectivity index is 2.05. The highest BCUT2D eigenvalue weighted by Gasteiger charge is 2.08. The van der Waals surface area contributed by atoms with E-state index in [9.17, 15) is 9.18 Å². The molecule has 1 aromatic heterocycles. The lowest BCUT2D eigenvalue weighted by atomic mass is 10.2. The molecule has 6 heteroatoms. The van der Waals surface area contributed by atoms with Gasteiger partial charge in [0.05, 0.1) is 11.4 Å². The summed E-state index contributed by atoms with van der Waals surface area (Å²) in [7, 11) is 0. The van der Waals surface area contributed by atoms with Gasteiger partial charge in [-0.15, -0.1) is 0 Å². The van der Waals surface area contributed by atoms with Crippen molar-refractivity contribution in [2.45, 2.75) is 13.5 Å². The Morgan fingerprint density at radius 2 is 2.28 bits per heavy atom. The zero-order chi connectivity index (χ0) is 13.1. The van der Waals surface area contributed by atoms with Crippen LogP contribution in [0.4, 0.5) is 15.8 Å². The summed E-state index contributed by atoms with van der Waals surface area (Å²) in [6.07, 6.45) is 1.69. The van der Waals surface area contributed by atoms with E-state index in [0.29, 0.717) is 5.69 Å². The highest BCUT2D eigenvalue weighted by Crippen LogP contribution is 2.17. The summed E-state index contributed by atoms with van der Waals surface area (Å²) < 4.78 is 14.9. The fourth-order valence-corrected chi connectivity index (χ4v) is 1.53. The summed E-state index contributed by atoms with van der Waals surface area (Å²) in [5.41, 5.74) is 6.80. The van der Waals surface area contributed by atoms with E-state index in [1.165, 1.54) is 22.9 Å². The lowest BCUT2D eigenvalue weighted by molar-refractivity contribution is -0.116. The van der Waals surface area contributed by atoms with Crippen molar-refractivity contribution in [1.82, 2.24) is 9.78 Å². The largest absolute Gasteiger partial charge is 0.399 e. The summed E-state index contributed by atoms with van der Waals surface area (Å²) in [6.45, 7) is 1.86. The molecule has 0 aliphatic carbocycles. The molecule has 0 spiro atoms. The Morgan fingerprint density at radius 1 is 1.50 bits per heavy atom. The first-order valence-electron chi connectivity index (χ1n) is 5.39. The van der Waals surface area contributed by atoms with Crippen molar-refractivity contribution in [1.29, 1.82) is 0 Å². The highest BCUT2D eigenvalue weighted by molar-refractivity contribution is 5.91. The lowest BCUT2D eigenvalue weighted by Crippen LogP contribution is -2.19. The van der Waals surface area contributed by atoms with E-state index < -0.39 is 5.82 Å². The van der Waals surface area contributed by atoms with E-state index in [0.717, 1.165) is 5.69 Å². The average molecular weight is 248 g/mol. The van der Waals surface area contributed by atoms with Crippen LogP contribution in [-0.2, 0) is 11.3 Å². The highest BCUT2D eigenvalue weighted by atomic mass is 19.1. The molecule has 0 aliphatic heterocycles. The van der Waals surface area contributed by atoms with Crippen molar-refractivity contribution in [3.8, 4) is 0 Å². The third kappa shape index (κ3) is 2.85. The third-order valence-electron chi connectivity index (χ3n) is 2.34. The molecule has 3 N–H and O–H groups in total. The SMILES string of the molecule is Cc1ccn(CC(=O)Nc2cc(N)ccc2F)n1. The zero-order valence-electron chi connectivity index (χ0n) is 9.85. The van der Waals surface area contributed by atoms with E-state index >= 15 is 0 Å². The summed E-state index contributed by atoms with van der Waals surface area (Å²) in [6, 6.07) is 5.81. The summed E-state index contributed by atoms with van der Waals surface area (Å²) in [5.74, 6) is -0.878. The predicted molar refractivity (Wildman–Crippen MR) is 66.4 cm³/mol. The number of halogens is 1. The molecule has 1 amide bonds. The molecule has 1 heterocycles. The maximum atomic E-state index is 13.4. The summed E-state index contributed by atoms with van der Waals surface area (Å²) in [5, 5.41) is 6.52. The van der Waals surface area contributed by atoms with E-state index in [1.807, 2.05) is 6.92 Å². The Morgan fingerprint density at radius 3 is 2.94 bits per heavy atom. The molecular weight excluding hydrogens is 235 g/mol. The number of carbonyl (C=O) groups is 1. The molecular formula is C12H13FN4O. The Hall–Kier alpha value is -2.37. The first-order valence-corrected chi connectivity index (χ1v) is 5.39. The fourth-order valence-electron chi connectivity index (χ4n) is 1.53. The Kier molecular flexibility index (Phi) is 3.27. The monoisotopic (exact) mass is 248 g/mol. The Bertz CT molecular complexity index is 579. The molecule has 0 atom stereocenters. The van der Waals surface area contributed by atoms with E-state index in [2.05, 4.69) is 10.4 Å². The number of aryl methyl sites for hydroxylation is 1. The van der Waals surface area contributed by atoms with Gasteiger partial charge in [-0.05, 0) is 31.2 Å². The third-order valence-corrected chi connectivity index (χ3v) is 2.34. The van der Waals surface area contributed by atoms with Crippen molar-refractivity contribution in [3.05, 3.63) is 42.0 Å². The number of carbonyl (C=O) groups excluding carboxylic acids is 1. The van der Waals surface area contributed by atoms with Crippen LogP contribution in [0.3, 0.4) is 0 Å². The maximum absolute atomic E-state index is 13.4. The minimum atomic E-state index is -0.519. The van der Waals surface area contributed by atoms with Gasteiger partial charge in [0, 0.05) is 11.9 Å². The van der Waals surface area contributed by atoms with Crippen LogP contribution in [-0.4, -0.2) is 15.7 Å². The van der Waals surface area contributed by atoms with E-state index in [4.69, 9.17) is 5.73 Å². The summed E-state index contributed by atoms with van der Waals surface area (Å²) in [4.78, 5) is 11.7.